The third kappa shape index (κ3) is 8.34. The topological polar surface area (TPSA) is 253 Å². The van der Waals surface area contributed by atoms with E-state index >= 15 is 0 Å². The molecule has 21 heteroatoms. The van der Waals surface area contributed by atoms with Gasteiger partial charge in [0.15, 0.2) is 46.4 Å². The Balaban J connectivity index is 0.000000208. The Kier molecular flexibility index (Phi) is 12.9. The first-order chi connectivity index (χ1) is 25.7. The molecule has 0 amide bonds. The van der Waals surface area contributed by atoms with E-state index in [0.717, 1.165) is 4.99 Å². The molecule has 292 valence electrons. The summed E-state index contributed by atoms with van der Waals surface area (Å²) in [6, 6.07) is 0. The molecule has 2 saturated heterocycles. The molecule has 8 atom stereocenters. The van der Waals surface area contributed by atoms with Gasteiger partial charge in [-0.3, -0.25) is 9.13 Å². The van der Waals surface area contributed by atoms with Gasteiger partial charge in [-0.2, -0.15) is 10.3 Å². The summed E-state index contributed by atoms with van der Waals surface area (Å²) in [5, 5.41) is 55.3. The van der Waals surface area contributed by atoms with Crippen LogP contribution in [0.1, 0.15) is 51.8 Å². The van der Waals surface area contributed by atoms with Crippen molar-refractivity contribution in [3.05, 3.63) is 24.3 Å². The third-order valence-electron chi connectivity index (χ3n) is 9.56. The van der Waals surface area contributed by atoms with Crippen molar-refractivity contribution in [1.29, 1.82) is 5.26 Å². The fourth-order valence-corrected chi connectivity index (χ4v) is 6.09. The number of aliphatic hydroxyl groups is 4. The van der Waals surface area contributed by atoms with Crippen molar-refractivity contribution < 1.29 is 29.9 Å². The highest BCUT2D eigenvalue weighted by Crippen LogP contribution is 2.33. The average Bonchev–Trinajstić information content (AvgIpc) is 3.91. The predicted molar refractivity (Wildman–Crippen MR) is 203 cm³/mol. The van der Waals surface area contributed by atoms with E-state index in [0.29, 0.717) is 77.4 Å². The minimum atomic E-state index is -1.08. The average molecular weight is 769 g/mol. The fraction of sp³-hybridized carbons (Fsp3) is 0.606. The normalized spacial score (nSPS) is 25.4. The SMILES string of the molecule is CNc1nc(CCN(C)C(C)=NC#N)nc2c1ncn2C1O[C@H](C)C(O)C1O.CNc1nc(CCN(C)C(C)=S)nc2c1ncn2[C@@H]1O[C@H](C)[C@@H](O)[C@H]1O. The van der Waals surface area contributed by atoms with E-state index in [-0.39, 0.29) is 0 Å². The van der Waals surface area contributed by atoms with Gasteiger partial charge >= 0.3 is 0 Å². The molecule has 2 aliphatic rings. The summed E-state index contributed by atoms with van der Waals surface area (Å²) < 4.78 is 14.7. The Hall–Kier alpha value is -4.69. The zero-order chi connectivity index (χ0) is 39.4. The molecule has 4 aromatic rings. The van der Waals surface area contributed by atoms with E-state index in [9.17, 15) is 20.4 Å². The van der Waals surface area contributed by atoms with Crippen molar-refractivity contribution in [2.45, 2.75) is 89.6 Å². The molecule has 0 radical (unpaired) electrons. The maximum Gasteiger partial charge on any atom is 0.207 e. The largest absolute Gasteiger partial charge is 0.388 e. The van der Waals surface area contributed by atoms with Crippen LogP contribution in [0.4, 0.5) is 11.6 Å². The van der Waals surface area contributed by atoms with Gasteiger partial charge in [-0.15, -0.1) is 0 Å². The molecule has 6 heterocycles. The van der Waals surface area contributed by atoms with Crippen LogP contribution in [0.15, 0.2) is 17.6 Å². The second-order valence-corrected chi connectivity index (χ2v) is 13.8. The Bertz CT molecular complexity index is 2020. The number of aliphatic imine (C=N–C) groups is 1. The number of thiocarbonyl (C=S) groups is 1. The summed E-state index contributed by atoms with van der Waals surface area (Å²) in [5.74, 6) is 2.97. The summed E-state index contributed by atoms with van der Waals surface area (Å²) >= 11 is 5.16. The number of imidazole rings is 2. The van der Waals surface area contributed by atoms with Crippen molar-refractivity contribution in [2.75, 3.05) is 51.9 Å². The number of anilines is 2. The molecule has 4 aromatic heterocycles. The van der Waals surface area contributed by atoms with Crippen LogP contribution in [0.25, 0.3) is 22.3 Å². The number of nitrogens with zero attached hydrogens (tertiary/aromatic N) is 12. The molecule has 20 nitrogen and oxygen atoms in total. The van der Waals surface area contributed by atoms with Crippen molar-refractivity contribution in [3.8, 4) is 6.19 Å². The molecule has 54 heavy (non-hydrogen) atoms. The number of hydrogen-bond donors (Lipinski definition) is 6. The quantitative estimate of drug-likeness (QED) is 0.0546. The van der Waals surface area contributed by atoms with Gasteiger partial charge in [0, 0.05) is 54.1 Å². The van der Waals surface area contributed by atoms with Gasteiger partial charge in [0.1, 0.15) is 41.9 Å². The second-order valence-electron chi connectivity index (χ2n) is 13.2. The van der Waals surface area contributed by atoms with E-state index in [2.05, 4.69) is 45.5 Å². The molecule has 3 unspecified atom stereocenters. The number of amidine groups is 1. The van der Waals surface area contributed by atoms with E-state index in [1.54, 1.807) is 56.5 Å². The number of hydrogen-bond acceptors (Lipinski definition) is 17. The summed E-state index contributed by atoms with van der Waals surface area (Å²) in [5.41, 5.74) is 2.18. The maximum atomic E-state index is 10.3. The van der Waals surface area contributed by atoms with Gasteiger partial charge in [-0.25, -0.2) is 29.9 Å². The standard InChI is InChI=1S/C17H24N8O3.C16H24N6O3S/c1-9-13(26)14(27)17(28-9)25-8-21-12-15(19-3)22-11(23-16(12)25)5-6-24(4)10(2)20-7-18;1-8-12(23)13(24)16(25-8)22-7-18-11-14(17-3)19-10(20-15(11)22)5-6-21(4)9(2)26/h8-9,13-14,17,26-27H,5-6H2,1-4H3,(H,19,22,23);7-8,12-13,16,23-24H,5-6H2,1-4H3,(H,17,19,20)/t9-,13?,14?,17?;8-,12-,13-,16-/m11/s1. The summed E-state index contributed by atoms with van der Waals surface area (Å²) in [6.07, 6.45) is -0.617. The highest BCUT2D eigenvalue weighted by molar-refractivity contribution is 7.80. The maximum absolute atomic E-state index is 10.3. The lowest BCUT2D eigenvalue weighted by Crippen LogP contribution is -2.30. The number of nitriles is 1. The van der Waals surface area contributed by atoms with Crippen LogP contribution in [-0.4, -0.2) is 158 Å². The fourth-order valence-electron chi connectivity index (χ4n) is 6.00. The van der Waals surface area contributed by atoms with Crippen LogP contribution in [0, 0.1) is 11.5 Å². The lowest BCUT2D eigenvalue weighted by molar-refractivity contribution is -0.0300. The first-order valence-electron chi connectivity index (χ1n) is 17.4. The molecule has 0 aliphatic carbocycles. The van der Waals surface area contributed by atoms with Crippen LogP contribution < -0.4 is 10.6 Å². The molecule has 0 saturated carbocycles. The summed E-state index contributed by atoms with van der Waals surface area (Å²) in [4.78, 5) is 35.2. The first-order valence-corrected chi connectivity index (χ1v) is 17.8. The zero-order valence-corrected chi connectivity index (χ0v) is 32.3. The smallest absolute Gasteiger partial charge is 0.207 e. The highest BCUT2D eigenvalue weighted by Gasteiger charge is 2.43. The van der Waals surface area contributed by atoms with Crippen LogP contribution in [0.3, 0.4) is 0 Å². The number of aromatic nitrogens is 8. The van der Waals surface area contributed by atoms with Gasteiger partial charge in [0.25, 0.3) is 0 Å². The third-order valence-corrected chi connectivity index (χ3v) is 9.87. The van der Waals surface area contributed by atoms with Gasteiger partial charge in [-0.1, -0.05) is 12.2 Å². The number of nitrogens with one attached hydrogen (secondary N) is 2. The molecule has 6 N–H and O–H groups in total. The predicted octanol–water partition coefficient (Wildman–Crippen LogP) is 0.210. The van der Waals surface area contributed by atoms with E-state index in [1.165, 1.54) is 6.33 Å². The van der Waals surface area contributed by atoms with E-state index < -0.39 is 49.1 Å². The van der Waals surface area contributed by atoms with Crippen LogP contribution in [-0.2, 0) is 22.3 Å². The van der Waals surface area contributed by atoms with Gasteiger partial charge in [-0.05, 0) is 27.7 Å². The molecule has 0 bridgehead atoms. The number of aliphatic hydroxyl groups excluding tert-OH is 4. The van der Waals surface area contributed by atoms with Crippen molar-refractivity contribution in [2.24, 2.45) is 4.99 Å². The monoisotopic (exact) mass is 768 g/mol. The number of rotatable bonds is 10. The Morgan fingerprint density at radius 2 is 1.22 bits per heavy atom. The minimum absolute atomic E-state index is 0.475. The summed E-state index contributed by atoms with van der Waals surface area (Å²) in [6.45, 7) is 8.31. The van der Waals surface area contributed by atoms with E-state index in [1.807, 2.05) is 30.8 Å². The highest BCUT2D eigenvalue weighted by atomic mass is 32.1. The molecular weight excluding hydrogens is 721 g/mol. The van der Waals surface area contributed by atoms with Crippen molar-refractivity contribution in [1.82, 2.24) is 48.8 Å². The van der Waals surface area contributed by atoms with E-state index in [4.69, 9.17) is 27.0 Å². The second kappa shape index (κ2) is 17.2. The van der Waals surface area contributed by atoms with Crippen LogP contribution in [0.2, 0.25) is 0 Å². The zero-order valence-electron chi connectivity index (χ0n) is 31.5. The summed E-state index contributed by atoms with van der Waals surface area (Å²) in [7, 11) is 7.27. The molecule has 0 aromatic carbocycles. The van der Waals surface area contributed by atoms with Gasteiger partial charge in [0.05, 0.1) is 29.9 Å². The van der Waals surface area contributed by atoms with Gasteiger partial charge in [0.2, 0.25) is 6.19 Å². The number of fused-ring (bicyclic) bond motifs is 2. The van der Waals surface area contributed by atoms with Crippen molar-refractivity contribution in [3.63, 3.8) is 0 Å². The van der Waals surface area contributed by atoms with Crippen LogP contribution in [0.5, 0.6) is 0 Å². The minimum Gasteiger partial charge on any atom is -0.388 e. The number of ether oxygens (including phenoxy) is 2. The lowest BCUT2D eigenvalue weighted by atomic mass is 10.1. The van der Waals surface area contributed by atoms with Gasteiger partial charge < -0.3 is 50.3 Å². The first kappa shape index (κ1) is 40.5. The molecule has 0 spiro atoms. The molecule has 2 fully saturated rings. The van der Waals surface area contributed by atoms with Crippen molar-refractivity contribution >= 4 is 57.0 Å². The molecule has 2 aliphatic heterocycles. The Morgan fingerprint density at radius 3 is 1.57 bits per heavy atom. The molecular formula is C33H48N14O6S. The molecule has 6 rings (SSSR count). The number of likely N-dealkylation sites (N-methyl/N-ethyl adjacent to an activating group) is 2. The Labute approximate surface area is 317 Å². The Morgan fingerprint density at radius 1 is 0.796 bits per heavy atom. The lowest BCUT2D eigenvalue weighted by Gasteiger charge is -2.18. The van der Waals surface area contributed by atoms with Crippen LogP contribution >= 0.6 is 12.2 Å².